The molecule has 0 heterocycles. The summed E-state index contributed by atoms with van der Waals surface area (Å²) < 4.78 is 26.5. The molecule has 2 saturated carbocycles. The van der Waals surface area contributed by atoms with Crippen LogP contribution in [0.25, 0.3) is 0 Å². The fourth-order valence-electron chi connectivity index (χ4n) is 3.65. The summed E-state index contributed by atoms with van der Waals surface area (Å²) in [5, 5.41) is 2.92. The van der Waals surface area contributed by atoms with Crippen LogP contribution < -0.4 is 5.32 Å². The summed E-state index contributed by atoms with van der Waals surface area (Å²) >= 11 is 0. The molecule has 0 unspecified atom stereocenters. The van der Waals surface area contributed by atoms with Crippen LogP contribution in [0.3, 0.4) is 0 Å². The van der Waals surface area contributed by atoms with Gasteiger partial charge in [0.15, 0.2) is 0 Å². The third kappa shape index (κ3) is 4.89. The van der Waals surface area contributed by atoms with E-state index in [0.717, 1.165) is 5.92 Å². The minimum atomic E-state index is -3.47. The zero-order valence-electron chi connectivity index (χ0n) is 16.5. The van der Waals surface area contributed by atoms with Crippen LogP contribution >= 0.6 is 0 Å². The Hall–Kier alpha value is -1.44. The zero-order chi connectivity index (χ0) is 19.6. The maximum Gasteiger partial charge on any atom is 0.243 e. The van der Waals surface area contributed by atoms with Gasteiger partial charge in [-0.05, 0) is 62.8 Å². The Bertz CT molecular complexity index is 751. The molecule has 3 rings (SSSR count). The van der Waals surface area contributed by atoms with Gasteiger partial charge in [-0.2, -0.15) is 4.31 Å². The predicted octanol–water partition coefficient (Wildman–Crippen LogP) is 2.92. The molecule has 1 N–H and O–H groups in total. The van der Waals surface area contributed by atoms with Crippen LogP contribution in [-0.4, -0.2) is 55.2 Å². The van der Waals surface area contributed by atoms with Crippen LogP contribution in [-0.2, 0) is 14.8 Å². The van der Waals surface area contributed by atoms with E-state index in [2.05, 4.69) is 17.1 Å². The molecule has 0 radical (unpaired) electrons. The highest BCUT2D eigenvalue weighted by atomic mass is 32.2. The van der Waals surface area contributed by atoms with E-state index in [-0.39, 0.29) is 10.8 Å². The molecule has 7 heteroatoms. The first-order chi connectivity index (χ1) is 12.9. The number of hydrogen-bond donors (Lipinski definition) is 1. The van der Waals surface area contributed by atoms with Gasteiger partial charge in [0, 0.05) is 30.9 Å². The molecule has 0 aromatic heterocycles. The molecular weight excluding hydrogens is 362 g/mol. The van der Waals surface area contributed by atoms with Gasteiger partial charge in [0.25, 0.3) is 0 Å². The summed E-state index contributed by atoms with van der Waals surface area (Å²) in [5.41, 5.74) is 0.633. The van der Waals surface area contributed by atoms with E-state index in [1.807, 2.05) is 13.8 Å². The second-order valence-electron chi connectivity index (χ2n) is 7.64. The van der Waals surface area contributed by atoms with Crippen molar-refractivity contribution in [2.75, 3.05) is 25.0 Å². The molecule has 6 nitrogen and oxygen atoms in total. The molecule has 1 aromatic rings. The van der Waals surface area contributed by atoms with Crippen LogP contribution in [0.1, 0.15) is 46.5 Å². The topological polar surface area (TPSA) is 69.7 Å². The van der Waals surface area contributed by atoms with Crippen LogP contribution in [0.4, 0.5) is 5.69 Å². The summed E-state index contributed by atoms with van der Waals surface area (Å²) in [4.78, 5) is 15.1. The van der Waals surface area contributed by atoms with Gasteiger partial charge in [0.1, 0.15) is 0 Å². The number of amides is 1. The van der Waals surface area contributed by atoms with Crippen molar-refractivity contribution in [3.63, 3.8) is 0 Å². The van der Waals surface area contributed by atoms with Crippen molar-refractivity contribution in [3.8, 4) is 0 Å². The van der Waals surface area contributed by atoms with Crippen LogP contribution in [0.15, 0.2) is 29.2 Å². The van der Waals surface area contributed by atoms with Crippen molar-refractivity contribution in [3.05, 3.63) is 24.3 Å². The number of carbonyl (C=O) groups excluding carboxylic acids is 1. The molecular formula is C20H31N3O3S. The Morgan fingerprint density at radius 2 is 1.70 bits per heavy atom. The molecule has 2 aliphatic carbocycles. The number of rotatable bonds is 10. The van der Waals surface area contributed by atoms with E-state index in [0.29, 0.717) is 37.4 Å². The molecule has 2 aliphatic rings. The van der Waals surface area contributed by atoms with Crippen molar-refractivity contribution in [2.24, 2.45) is 5.92 Å². The van der Waals surface area contributed by atoms with Gasteiger partial charge in [0.2, 0.25) is 15.9 Å². The highest BCUT2D eigenvalue weighted by Gasteiger charge is 2.39. The third-order valence-electron chi connectivity index (χ3n) is 5.65. The second kappa shape index (κ2) is 8.29. The minimum absolute atomic E-state index is 0.0336. The Balaban J connectivity index is 1.61. The largest absolute Gasteiger partial charge is 0.325 e. The van der Waals surface area contributed by atoms with Gasteiger partial charge < -0.3 is 5.32 Å². The van der Waals surface area contributed by atoms with Crippen molar-refractivity contribution < 1.29 is 13.2 Å². The summed E-state index contributed by atoms with van der Waals surface area (Å²) in [6.07, 6.45) is 4.91. The van der Waals surface area contributed by atoms with Crippen molar-refractivity contribution in [1.82, 2.24) is 9.21 Å². The highest BCUT2D eigenvalue weighted by Crippen LogP contribution is 2.39. The second-order valence-corrected chi connectivity index (χ2v) is 9.58. The average molecular weight is 394 g/mol. The molecule has 1 aromatic carbocycles. The van der Waals surface area contributed by atoms with Gasteiger partial charge in [-0.3, -0.25) is 9.69 Å². The number of hydrogen-bond acceptors (Lipinski definition) is 4. The Morgan fingerprint density at radius 3 is 2.19 bits per heavy atom. The van der Waals surface area contributed by atoms with Gasteiger partial charge >= 0.3 is 0 Å². The van der Waals surface area contributed by atoms with Crippen LogP contribution in [0.2, 0.25) is 0 Å². The number of nitrogens with one attached hydrogen (secondary N) is 1. The lowest BCUT2D eigenvalue weighted by Crippen LogP contribution is -2.42. The standard InChI is InChI=1S/C20H31N3O3S/c1-4-22(5-2)27(25,26)19-12-8-17(9-13-19)21-20(24)14-23(18-10-11-18)15(3)16-6-7-16/h8-9,12-13,15-16,18H,4-7,10-11,14H2,1-3H3,(H,21,24)/t15-/m1/s1. The van der Waals surface area contributed by atoms with Crippen LogP contribution in [0, 0.1) is 5.92 Å². The maximum atomic E-state index is 12.5. The lowest BCUT2D eigenvalue weighted by Gasteiger charge is -2.28. The zero-order valence-corrected chi connectivity index (χ0v) is 17.3. The van der Waals surface area contributed by atoms with Crippen molar-refractivity contribution in [2.45, 2.75) is 63.4 Å². The summed E-state index contributed by atoms with van der Waals surface area (Å²) in [5.74, 6) is 0.705. The summed E-state index contributed by atoms with van der Waals surface area (Å²) in [6.45, 7) is 7.16. The SMILES string of the molecule is CCN(CC)S(=O)(=O)c1ccc(NC(=O)CN(C2CC2)[C@H](C)C2CC2)cc1. The molecule has 1 atom stereocenters. The number of anilines is 1. The van der Waals surface area contributed by atoms with Gasteiger partial charge in [-0.25, -0.2) is 8.42 Å². The third-order valence-corrected chi connectivity index (χ3v) is 7.71. The first-order valence-corrected chi connectivity index (χ1v) is 11.5. The van der Waals surface area contributed by atoms with E-state index in [4.69, 9.17) is 0 Å². The molecule has 0 aliphatic heterocycles. The summed E-state index contributed by atoms with van der Waals surface area (Å²) in [7, 11) is -3.47. The van der Waals surface area contributed by atoms with Crippen molar-refractivity contribution in [1.29, 1.82) is 0 Å². The average Bonchev–Trinajstić information content (AvgIpc) is 3.53. The van der Waals surface area contributed by atoms with E-state index < -0.39 is 10.0 Å². The lowest BCUT2D eigenvalue weighted by molar-refractivity contribution is -0.118. The number of carbonyl (C=O) groups is 1. The molecule has 1 amide bonds. The molecule has 150 valence electrons. The van der Waals surface area contributed by atoms with Gasteiger partial charge in [0.05, 0.1) is 11.4 Å². The molecule has 0 spiro atoms. The lowest BCUT2D eigenvalue weighted by atomic mass is 10.1. The first kappa shape index (κ1) is 20.3. The van der Waals surface area contributed by atoms with Crippen molar-refractivity contribution >= 4 is 21.6 Å². The highest BCUT2D eigenvalue weighted by molar-refractivity contribution is 7.89. The van der Waals surface area contributed by atoms with E-state index in [1.165, 1.54) is 30.0 Å². The Labute approximate surface area is 163 Å². The Morgan fingerprint density at radius 1 is 1.11 bits per heavy atom. The molecule has 27 heavy (non-hydrogen) atoms. The number of sulfonamides is 1. The van der Waals surface area contributed by atoms with Gasteiger partial charge in [-0.1, -0.05) is 13.8 Å². The van der Waals surface area contributed by atoms with Gasteiger partial charge in [-0.15, -0.1) is 0 Å². The quantitative estimate of drug-likeness (QED) is 0.664. The smallest absolute Gasteiger partial charge is 0.243 e. The fraction of sp³-hybridized carbons (Fsp3) is 0.650. The van der Waals surface area contributed by atoms with E-state index >= 15 is 0 Å². The van der Waals surface area contributed by atoms with E-state index in [9.17, 15) is 13.2 Å². The Kier molecular flexibility index (Phi) is 6.23. The summed E-state index contributed by atoms with van der Waals surface area (Å²) in [6, 6.07) is 7.47. The minimum Gasteiger partial charge on any atom is -0.325 e. The molecule has 2 fully saturated rings. The predicted molar refractivity (Wildman–Crippen MR) is 107 cm³/mol. The monoisotopic (exact) mass is 393 g/mol. The van der Waals surface area contributed by atoms with E-state index in [1.54, 1.807) is 24.3 Å². The molecule has 0 saturated heterocycles. The normalized spacial score (nSPS) is 18.7. The number of benzene rings is 1. The van der Waals surface area contributed by atoms with Crippen LogP contribution in [0.5, 0.6) is 0 Å². The number of nitrogens with zero attached hydrogens (tertiary/aromatic N) is 2. The molecule has 0 bridgehead atoms. The first-order valence-electron chi connectivity index (χ1n) is 10.0. The fourth-order valence-corrected chi connectivity index (χ4v) is 5.11. The maximum absolute atomic E-state index is 12.5.